The minimum absolute atomic E-state index is 0.0364. The molecule has 5 aromatic rings. The van der Waals surface area contributed by atoms with Crippen molar-refractivity contribution >= 4 is 44.1 Å². The number of hydrogen-bond donors (Lipinski definition) is 1. The van der Waals surface area contributed by atoms with E-state index in [9.17, 15) is 8.42 Å². The van der Waals surface area contributed by atoms with Crippen LogP contribution in [0.25, 0.3) is 22.2 Å². The number of nitrogens with two attached hydrogens (primary N) is 1. The molecule has 0 saturated heterocycles. The Morgan fingerprint density at radius 1 is 0.879 bits per heavy atom. The lowest BCUT2D eigenvalue weighted by Crippen LogP contribution is -2.07. The highest BCUT2D eigenvalue weighted by atomic mass is 32.2. The van der Waals surface area contributed by atoms with Crippen molar-refractivity contribution in [2.45, 2.75) is 23.6 Å². The fraction of sp³-hybridized carbons (Fsp3) is 0.0800. The summed E-state index contributed by atoms with van der Waals surface area (Å²) in [5.41, 5.74) is 10.8. The summed E-state index contributed by atoms with van der Waals surface area (Å²) < 4.78 is 28.8. The van der Waals surface area contributed by atoms with E-state index in [1.54, 1.807) is 30.5 Å². The SMILES string of the molecule is Cc1ccc(S(=O)(=O)c2c(N)n(/N=C/c3ccccc3)c3nc4ccccc4nc23)cc1C. The van der Waals surface area contributed by atoms with Crippen LogP contribution in [-0.2, 0) is 9.84 Å². The molecule has 8 heteroatoms. The van der Waals surface area contributed by atoms with E-state index in [-0.39, 0.29) is 26.8 Å². The number of rotatable bonds is 4. The molecular formula is C25H21N5O2S. The average Bonchev–Trinajstić information content (AvgIpc) is 3.09. The Morgan fingerprint density at radius 2 is 1.55 bits per heavy atom. The van der Waals surface area contributed by atoms with E-state index in [0.29, 0.717) is 11.0 Å². The third kappa shape index (κ3) is 3.54. The molecule has 7 nitrogen and oxygen atoms in total. The van der Waals surface area contributed by atoms with Gasteiger partial charge in [0.2, 0.25) is 9.84 Å². The van der Waals surface area contributed by atoms with Gasteiger partial charge < -0.3 is 5.73 Å². The van der Waals surface area contributed by atoms with E-state index in [1.807, 2.05) is 62.4 Å². The molecular weight excluding hydrogens is 434 g/mol. The lowest BCUT2D eigenvalue weighted by Gasteiger charge is -2.07. The molecule has 33 heavy (non-hydrogen) atoms. The van der Waals surface area contributed by atoms with E-state index >= 15 is 0 Å². The first-order valence-electron chi connectivity index (χ1n) is 10.3. The zero-order valence-corrected chi connectivity index (χ0v) is 18.9. The summed E-state index contributed by atoms with van der Waals surface area (Å²) >= 11 is 0. The van der Waals surface area contributed by atoms with E-state index < -0.39 is 9.84 Å². The highest BCUT2D eigenvalue weighted by molar-refractivity contribution is 7.92. The molecule has 0 spiro atoms. The van der Waals surface area contributed by atoms with Crippen molar-refractivity contribution in [1.29, 1.82) is 0 Å². The van der Waals surface area contributed by atoms with Crippen LogP contribution in [0.1, 0.15) is 16.7 Å². The van der Waals surface area contributed by atoms with Gasteiger partial charge in [-0.2, -0.15) is 9.78 Å². The maximum absolute atomic E-state index is 13.7. The number of anilines is 1. The zero-order valence-electron chi connectivity index (χ0n) is 18.1. The fourth-order valence-electron chi connectivity index (χ4n) is 3.67. The predicted octanol–water partition coefficient (Wildman–Crippen LogP) is 4.50. The molecule has 0 aliphatic rings. The van der Waals surface area contributed by atoms with Crippen molar-refractivity contribution < 1.29 is 8.42 Å². The van der Waals surface area contributed by atoms with Crippen LogP contribution in [0.15, 0.2) is 87.7 Å². The highest BCUT2D eigenvalue weighted by Gasteiger charge is 2.30. The Labute approximate surface area is 191 Å². The standard InChI is InChI=1S/C25H21N5O2S/c1-16-12-13-19(14-17(16)2)33(31,32)23-22-25(29-21-11-7-6-10-20(21)28-22)30(24(23)26)27-15-18-8-4-3-5-9-18/h3-15H,26H2,1-2H3/b27-15+. The number of aromatic nitrogens is 3. The van der Waals surface area contributed by atoms with E-state index in [4.69, 9.17) is 5.73 Å². The fourth-order valence-corrected chi connectivity index (χ4v) is 5.23. The highest BCUT2D eigenvalue weighted by Crippen LogP contribution is 2.35. The third-order valence-electron chi connectivity index (χ3n) is 5.61. The second kappa shape index (κ2) is 7.83. The molecule has 0 aliphatic heterocycles. The minimum atomic E-state index is -3.99. The third-order valence-corrected chi connectivity index (χ3v) is 7.42. The summed E-state index contributed by atoms with van der Waals surface area (Å²) in [5.74, 6) is -0.0364. The smallest absolute Gasteiger partial charge is 0.212 e. The molecule has 3 aromatic carbocycles. The Hall–Kier alpha value is -4.04. The van der Waals surface area contributed by atoms with Gasteiger partial charge in [-0.05, 0) is 54.8 Å². The number of nitrogen functional groups attached to an aromatic ring is 1. The van der Waals surface area contributed by atoms with E-state index in [0.717, 1.165) is 16.7 Å². The molecule has 2 N–H and O–H groups in total. The number of nitrogens with zero attached hydrogens (tertiary/aromatic N) is 4. The monoisotopic (exact) mass is 455 g/mol. The van der Waals surface area contributed by atoms with Gasteiger partial charge in [-0.15, -0.1) is 0 Å². The van der Waals surface area contributed by atoms with Crippen LogP contribution < -0.4 is 5.73 Å². The van der Waals surface area contributed by atoms with Crippen LogP contribution in [0.2, 0.25) is 0 Å². The molecule has 2 heterocycles. The minimum Gasteiger partial charge on any atom is -0.382 e. The quantitative estimate of drug-likeness (QED) is 0.402. The van der Waals surface area contributed by atoms with Crippen LogP contribution in [-0.4, -0.2) is 29.3 Å². The maximum Gasteiger partial charge on any atom is 0.212 e. The number of hydrogen-bond acceptors (Lipinski definition) is 6. The first-order valence-corrected chi connectivity index (χ1v) is 11.8. The average molecular weight is 456 g/mol. The number of aryl methyl sites for hydroxylation is 2. The lowest BCUT2D eigenvalue weighted by atomic mass is 10.1. The van der Waals surface area contributed by atoms with Crippen LogP contribution >= 0.6 is 0 Å². The Kier molecular flexibility index (Phi) is 4.94. The van der Waals surface area contributed by atoms with Gasteiger partial charge in [0.1, 0.15) is 16.2 Å². The summed E-state index contributed by atoms with van der Waals surface area (Å²) in [6.45, 7) is 3.81. The van der Waals surface area contributed by atoms with Gasteiger partial charge in [-0.25, -0.2) is 18.4 Å². The normalized spacial score (nSPS) is 12.2. The molecule has 0 atom stereocenters. The molecule has 0 unspecified atom stereocenters. The largest absolute Gasteiger partial charge is 0.382 e. The number of sulfone groups is 1. The molecule has 0 saturated carbocycles. The van der Waals surface area contributed by atoms with Crippen molar-refractivity contribution in [3.8, 4) is 0 Å². The van der Waals surface area contributed by atoms with Crippen molar-refractivity contribution in [1.82, 2.24) is 14.6 Å². The van der Waals surface area contributed by atoms with Crippen LogP contribution in [0, 0.1) is 13.8 Å². The van der Waals surface area contributed by atoms with Crippen molar-refractivity contribution in [3.05, 3.63) is 89.5 Å². The molecule has 2 aromatic heterocycles. The van der Waals surface area contributed by atoms with Crippen molar-refractivity contribution in [3.63, 3.8) is 0 Å². The summed E-state index contributed by atoms with van der Waals surface area (Å²) in [6, 6.07) is 21.8. The first-order chi connectivity index (χ1) is 15.9. The second-order valence-electron chi connectivity index (χ2n) is 7.82. The van der Waals surface area contributed by atoms with Crippen LogP contribution in [0.3, 0.4) is 0 Å². The Bertz CT molecular complexity index is 1660. The molecule has 5 rings (SSSR count). The molecule has 164 valence electrons. The van der Waals surface area contributed by atoms with E-state index in [1.165, 1.54) is 4.68 Å². The van der Waals surface area contributed by atoms with Gasteiger partial charge in [0.05, 0.1) is 22.1 Å². The summed E-state index contributed by atoms with van der Waals surface area (Å²) in [5, 5.41) is 4.47. The zero-order chi connectivity index (χ0) is 23.2. The maximum atomic E-state index is 13.7. The Morgan fingerprint density at radius 3 is 2.24 bits per heavy atom. The molecule has 0 aliphatic carbocycles. The summed E-state index contributed by atoms with van der Waals surface area (Å²) in [7, 11) is -3.99. The summed E-state index contributed by atoms with van der Waals surface area (Å²) in [4.78, 5) is 9.34. The topological polar surface area (TPSA) is 103 Å². The van der Waals surface area contributed by atoms with Gasteiger partial charge in [-0.1, -0.05) is 48.5 Å². The predicted molar refractivity (Wildman–Crippen MR) is 130 cm³/mol. The summed E-state index contributed by atoms with van der Waals surface area (Å²) in [6.07, 6.45) is 1.61. The van der Waals surface area contributed by atoms with Gasteiger partial charge >= 0.3 is 0 Å². The van der Waals surface area contributed by atoms with Gasteiger partial charge in [-0.3, -0.25) is 0 Å². The Balaban J connectivity index is 1.81. The molecule has 0 radical (unpaired) electrons. The lowest BCUT2D eigenvalue weighted by molar-refractivity contribution is 0.597. The van der Waals surface area contributed by atoms with Crippen molar-refractivity contribution in [2.75, 3.05) is 5.73 Å². The first kappa shape index (κ1) is 20.8. The van der Waals surface area contributed by atoms with Gasteiger partial charge in [0.25, 0.3) is 0 Å². The van der Waals surface area contributed by atoms with Gasteiger partial charge in [0.15, 0.2) is 5.65 Å². The second-order valence-corrected chi connectivity index (χ2v) is 9.70. The van der Waals surface area contributed by atoms with Crippen LogP contribution in [0.4, 0.5) is 5.82 Å². The van der Waals surface area contributed by atoms with Crippen molar-refractivity contribution in [2.24, 2.45) is 5.10 Å². The molecule has 0 amide bonds. The number of benzene rings is 3. The van der Waals surface area contributed by atoms with Crippen LogP contribution in [0.5, 0.6) is 0 Å². The van der Waals surface area contributed by atoms with E-state index in [2.05, 4.69) is 15.1 Å². The number of para-hydroxylation sites is 2. The van der Waals surface area contributed by atoms with Gasteiger partial charge in [0, 0.05) is 0 Å². The molecule has 0 fully saturated rings. The molecule has 0 bridgehead atoms. The number of fused-ring (bicyclic) bond motifs is 2.